The van der Waals surface area contributed by atoms with E-state index in [1.165, 1.54) is 24.2 Å². The van der Waals surface area contributed by atoms with Gasteiger partial charge in [-0.25, -0.2) is 18.7 Å². The Bertz CT molecular complexity index is 796. The molecule has 132 valence electrons. The molecule has 1 aromatic heterocycles. The quantitative estimate of drug-likeness (QED) is 0.833. The highest BCUT2D eigenvalue weighted by atomic mass is 35.5. The Balaban J connectivity index is 1.80. The van der Waals surface area contributed by atoms with Crippen molar-refractivity contribution in [1.29, 1.82) is 0 Å². The van der Waals surface area contributed by atoms with Crippen molar-refractivity contribution < 1.29 is 13.6 Å². The molecule has 0 spiro atoms. The molecule has 0 unspecified atom stereocenters. The van der Waals surface area contributed by atoms with Crippen LogP contribution in [0.1, 0.15) is 28.9 Å². The third-order valence-electron chi connectivity index (χ3n) is 4.09. The summed E-state index contributed by atoms with van der Waals surface area (Å²) in [6, 6.07) is 3.25. The van der Waals surface area contributed by atoms with Crippen molar-refractivity contribution in [2.24, 2.45) is 0 Å². The fraction of sp³-hybridized carbons (Fsp3) is 0.353. The minimum absolute atomic E-state index is 0.0235. The highest BCUT2D eigenvalue weighted by Crippen LogP contribution is 2.21. The first-order valence-corrected chi connectivity index (χ1v) is 8.30. The van der Waals surface area contributed by atoms with Crippen molar-refractivity contribution in [2.75, 3.05) is 25.0 Å². The lowest BCUT2D eigenvalue weighted by Gasteiger charge is -2.20. The van der Waals surface area contributed by atoms with Gasteiger partial charge in [0, 0.05) is 38.3 Å². The Kier molecular flexibility index (Phi) is 5.13. The molecular formula is C17H17ClF2N4O. The van der Waals surface area contributed by atoms with Crippen LogP contribution in [-0.2, 0) is 6.54 Å². The highest BCUT2D eigenvalue weighted by Gasteiger charge is 2.22. The molecule has 2 aromatic rings. The van der Waals surface area contributed by atoms with Crippen molar-refractivity contribution in [3.63, 3.8) is 0 Å². The lowest BCUT2D eigenvalue weighted by atomic mass is 10.2. The number of amides is 1. The van der Waals surface area contributed by atoms with Crippen LogP contribution in [0.4, 0.5) is 14.7 Å². The SMILES string of the molecule is CN(Cc1ccc(F)cc1F)C(=O)c1nc(N2CCCC2)ncc1Cl. The third kappa shape index (κ3) is 3.87. The average Bonchev–Trinajstić information content (AvgIpc) is 3.11. The van der Waals surface area contributed by atoms with Gasteiger partial charge < -0.3 is 9.80 Å². The number of anilines is 1. The van der Waals surface area contributed by atoms with Crippen molar-refractivity contribution in [2.45, 2.75) is 19.4 Å². The molecule has 0 bridgehead atoms. The third-order valence-corrected chi connectivity index (χ3v) is 4.37. The topological polar surface area (TPSA) is 49.3 Å². The Hall–Kier alpha value is -2.28. The summed E-state index contributed by atoms with van der Waals surface area (Å²) in [5.41, 5.74) is 0.283. The van der Waals surface area contributed by atoms with Gasteiger partial charge in [-0.3, -0.25) is 4.79 Å². The molecule has 0 atom stereocenters. The Morgan fingerprint density at radius 2 is 2.04 bits per heavy atom. The van der Waals surface area contributed by atoms with Gasteiger partial charge in [0.1, 0.15) is 11.6 Å². The Morgan fingerprint density at radius 1 is 1.32 bits per heavy atom. The maximum Gasteiger partial charge on any atom is 0.274 e. The maximum atomic E-state index is 13.8. The second kappa shape index (κ2) is 7.31. The summed E-state index contributed by atoms with van der Waals surface area (Å²) in [4.78, 5) is 24.4. The first kappa shape index (κ1) is 17.5. The van der Waals surface area contributed by atoms with E-state index in [-0.39, 0.29) is 22.8 Å². The summed E-state index contributed by atoms with van der Waals surface area (Å²) < 4.78 is 26.8. The predicted octanol–water partition coefficient (Wildman–Crippen LogP) is 3.28. The van der Waals surface area contributed by atoms with E-state index < -0.39 is 17.5 Å². The van der Waals surface area contributed by atoms with Crippen LogP contribution in [0.2, 0.25) is 5.02 Å². The first-order valence-electron chi connectivity index (χ1n) is 7.92. The summed E-state index contributed by atoms with van der Waals surface area (Å²) in [7, 11) is 1.51. The fourth-order valence-corrected chi connectivity index (χ4v) is 2.91. The molecule has 1 aliphatic heterocycles. The minimum atomic E-state index is -0.703. The molecule has 1 saturated heterocycles. The van der Waals surface area contributed by atoms with Gasteiger partial charge in [-0.05, 0) is 18.9 Å². The zero-order valence-electron chi connectivity index (χ0n) is 13.7. The number of hydrogen-bond donors (Lipinski definition) is 0. The molecule has 1 aromatic carbocycles. The van der Waals surface area contributed by atoms with E-state index in [9.17, 15) is 13.6 Å². The summed E-state index contributed by atoms with van der Waals surface area (Å²) in [6.07, 6.45) is 3.51. The lowest BCUT2D eigenvalue weighted by molar-refractivity contribution is 0.0778. The van der Waals surface area contributed by atoms with Crippen LogP contribution >= 0.6 is 11.6 Å². The number of aromatic nitrogens is 2. The van der Waals surface area contributed by atoms with Gasteiger partial charge in [-0.15, -0.1) is 0 Å². The summed E-state index contributed by atoms with van der Waals surface area (Å²) in [5.74, 6) is -1.35. The van der Waals surface area contributed by atoms with E-state index in [1.54, 1.807) is 0 Å². The van der Waals surface area contributed by atoms with E-state index in [0.717, 1.165) is 38.1 Å². The van der Waals surface area contributed by atoms with Gasteiger partial charge in [0.15, 0.2) is 5.69 Å². The molecule has 0 aliphatic carbocycles. The zero-order valence-corrected chi connectivity index (χ0v) is 14.4. The zero-order chi connectivity index (χ0) is 18.0. The molecule has 25 heavy (non-hydrogen) atoms. The van der Waals surface area contributed by atoms with Crippen molar-refractivity contribution in [1.82, 2.24) is 14.9 Å². The van der Waals surface area contributed by atoms with Gasteiger partial charge in [-0.1, -0.05) is 17.7 Å². The van der Waals surface area contributed by atoms with Crippen LogP contribution in [0.15, 0.2) is 24.4 Å². The molecule has 1 fully saturated rings. The summed E-state index contributed by atoms with van der Waals surface area (Å²) in [5, 5.41) is 0.138. The van der Waals surface area contributed by atoms with Crippen molar-refractivity contribution in [3.05, 3.63) is 52.3 Å². The summed E-state index contributed by atoms with van der Waals surface area (Å²) in [6.45, 7) is 1.65. The van der Waals surface area contributed by atoms with Crippen molar-refractivity contribution >= 4 is 23.5 Å². The highest BCUT2D eigenvalue weighted by molar-refractivity contribution is 6.33. The molecule has 1 aliphatic rings. The van der Waals surface area contributed by atoms with Crippen LogP contribution in [0.25, 0.3) is 0 Å². The molecule has 0 N–H and O–H groups in total. The van der Waals surface area contributed by atoms with Crippen LogP contribution in [-0.4, -0.2) is 40.9 Å². The molecule has 8 heteroatoms. The smallest absolute Gasteiger partial charge is 0.274 e. The normalized spacial score (nSPS) is 14.0. The van der Waals surface area contributed by atoms with E-state index in [2.05, 4.69) is 9.97 Å². The van der Waals surface area contributed by atoms with Gasteiger partial charge >= 0.3 is 0 Å². The Labute approximate surface area is 149 Å². The van der Waals surface area contributed by atoms with E-state index >= 15 is 0 Å². The first-order chi connectivity index (χ1) is 12.0. The standard InChI is InChI=1S/C17H17ClF2N4O/c1-23(10-11-4-5-12(19)8-14(11)20)16(25)15-13(18)9-21-17(22-15)24-6-2-3-7-24/h4-5,8-9H,2-3,6-7,10H2,1H3. The van der Waals surface area contributed by atoms with Crippen LogP contribution in [0.3, 0.4) is 0 Å². The van der Waals surface area contributed by atoms with Crippen LogP contribution in [0, 0.1) is 11.6 Å². The van der Waals surface area contributed by atoms with E-state index in [4.69, 9.17) is 11.6 Å². The fourth-order valence-electron chi connectivity index (χ4n) is 2.74. The molecule has 5 nitrogen and oxygen atoms in total. The number of nitrogens with zero attached hydrogens (tertiary/aromatic N) is 4. The largest absolute Gasteiger partial charge is 0.341 e. The molecular weight excluding hydrogens is 350 g/mol. The van der Waals surface area contributed by atoms with Gasteiger partial charge in [0.2, 0.25) is 5.95 Å². The Morgan fingerprint density at radius 3 is 2.72 bits per heavy atom. The van der Waals surface area contributed by atoms with Crippen molar-refractivity contribution in [3.8, 4) is 0 Å². The predicted molar refractivity (Wildman–Crippen MR) is 90.6 cm³/mol. The average molecular weight is 367 g/mol. The van der Waals surface area contributed by atoms with Gasteiger partial charge in [0.25, 0.3) is 5.91 Å². The molecule has 2 heterocycles. The second-order valence-electron chi connectivity index (χ2n) is 5.96. The number of carbonyl (C=O) groups is 1. The number of carbonyl (C=O) groups excluding carboxylic acids is 1. The lowest BCUT2D eigenvalue weighted by Crippen LogP contribution is -2.29. The molecule has 0 saturated carbocycles. The number of rotatable bonds is 4. The van der Waals surface area contributed by atoms with Crippen LogP contribution in [0.5, 0.6) is 0 Å². The number of hydrogen-bond acceptors (Lipinski definition) is 4. The van der Waals surface area contributed by atoms with Gasteiger partial charge in [0.05, 0.1) is 11.2 Å². The number of benzene rings is 1. The minimum Gasteiger partial charge on any atom is -0.341 e. The van der Waals surface area contributed by atoms with Gasteiger partial charge in [-0.2, -0.15) is 0 Å². The summed E-state index contributed by atoms with van der Waals surface area (Å²) >= 11 is 6.08. The molecule has 3 rings (SSSR count). The second-order valence-corrected chi connectivity index (χ2v) is 6.36. The maximum absolute atomic E-state index is 13.8. The molecule has 0 radical (unpaired) electrons. The molecule has 1 amide bonds. The van der Waals surface area contributed by atoms with E-state index in [0.29, 0.717) is 5.95 Å². The number of halogens is 3. The van der Waals surface area contributed by atoms with Crippen LogP contribution < -0.4 is 4.90 Å². The van der Waals surface area contributed by atoms with E-state index in [1.807, 2.05) is 4.90 Å². The monoisotopic (exact) mass is 366 g/mol.